The smallest absolute Gasteiger partial charge is 0.308 e. The second kappa shape index (κ2) is 7.32. The van der Waals surface area contributed by atoms with E-state index < -0.39 is 16.8 Å². The highest BCUT2D eigenvalue weighted by atomic mass is 16.6. The lowest BCUT2D eigenvalue weighted by molar-refractivity contribution is -0.384. The molecule has 1 unspecified atom stereocenters. The zero-order chi connectivity index (χ0) is 15.1. The topological polar surface area (TPSA) is 102 Å². The Balaban J connectivity index is 2.86. The number of nitro groups is 1. The minimum Gasteiger partial charge on any atom is -0.496 e. The quantitative estimate of drug-likeness (QED) is 0.561. The Kier molecular flexibility index (Phi) is 5.76. The number of carboxylic acids is 1. The summed E-state index contributed by atoms with van der Waals surface area (Å²) in [6, 6.07) is 4.41. The van der Waals surface area contributed by atoms with E-state index in [0.29, 0.717) is 12.2 Å². The van der Waals surface area contributed by atoms with Crippen molar-refractivity contribution in [1.29, 1.82) is 0 Å². The van der Waals surface area contributed by atoms with Gasteiger partial charge in [-0.3, -0.25) is 14.9 Å². The molecule has 1 aromatic carbocycles. The summed E-state index contributed by atoms with van der Waals surface area (Å²) in [5.74, 6) is -1.09. The van der Waals surface area contributed by atoms with Crippen molar-refractivity contribution in [3.63, 3.8) is 0 Å². The summed E-state index contributed by atoms with van der Waals surface area (Å²) < 4.78 is 4.94. The van der Waals surface area contributed by atoms with E-state index >= 15 is 0 Å². The fourth-order valence-electron chi connectivity index (χ4n) is 1.83. The van der Waals surface area contributed by atoms with Gasteiger partial charge in [-0.15, -0.1) is 0 Å². The Morgan fingerprint density at radius 1 is 1.55 bits per heavy atom. The van der Waals surface area contributed by atoms with Crippen LogP contribution >= 0.6 is 0 Å². The predicted octanol–water partition coefficient (Wildman–Crippen LogP) is 2.52. The standard InChI is InChI=1S/C13H18N2O5/c1-3-4-9(13(16)17)8-14-11-6-5-10(20-2)7-12(11)15(18)19/h5-7,9,14H,3-4,8H2,1-2H3,(H,16,17). The van der Waals surface area contributed by atoms with Gasteiger partial charge in [0.2, 0.25) is 0 Å². The first-order chi connectivity index (χ1) is 9.49. The van der Waals surface area contributed by atoms with Gasteiger partial charge in [0.05, 0.1) is 24.0 Å². The molecule has 0 saturated heterocycles. The van der Waals surface area contributed by atoms with Gasteiger partial charge in [0, 0.05) is 6.54 Å². The summed E-state index contributed by atoms with van der Waals surface area (Å²) in [5.41, 5.74) is 0.156. The number of carbonyl (C=O) groups is 1. The number of nitro benzene ring substituents is 1. The molecule has 7 nitrogen and oxygen atoms in total. The van der Waals surface area contributed by atoms with Gasteiger partial charge in [-0.1, -0.05) is 13.3 Å². The van der Waals surface area contributed by atoms with Gasteiger partial charge in [-0.05, 0) is 18.6 Å². The number of hydrogen-bond acceptors (Lipinski definition) is 5. The maximum Gasteiger partial charge on any atom is 0.308 e. The molecule has 20 heavy (non-hydrogen) atoms. The molecule has 0 bridgehead atoms. The number of methoxy groups -OCH3 is 1. The monoisotopic (exact) mass is 282 g/mol. The second-order valence-electron chi connectivity index (χ2n) is 4.34. The first kappa shape index (κ1) is 15.7. The third-order valence-electron chi connectivity index (χ3n) is 2.93. The van der Waals surface area contributed by atoms with Crippen LogP contribution in [0.5, 0.6) is 5.75 Å². The van der Waals surface area contributed by atoms with Crippen molar-refractivity contribution in [2.45, 2.75) is 19.8 Å². The van der Waals surface area contributed by atoms with Gasteiger partial charge in [0.15, 0.2) is 0 Å². The van der Waals surface area contributed by atoms with E-state index in [4.69, 9.17) is 9.84 Å². The van der Waals surface area contributed by atoms with Gasteiger partial charge in [-0.25, -0.2) is 0 Å². The van der Waals surface area contributed by atoms with E-state index in [1.54, 1.807) is 6.07 Å². The molecular weight excluding hydrogens is 264 g/mol. The first-order valence-electron chi connectivity index (χ1n) is 6.28. The predicted molar refractivity (Wildman–Crippen MR) is 74.2 cm³/mol. The van der Waals surface area contributed by atoms with E-state index in [-0.39, 0.29) is 17.9 Å². The molecule has 0 amide bonds. The third kappa shape index (κ3) is 4.11. The van der Waals surface area contributed by atoms with Crippen LogP contribution in [0.25, 0.3) is 0 Å². The third-order valence-corrected chi connectivity index (χ3v) is 2.93. The van der Waals surface area contributed by atoms with Gasteiger partial charge >= 0.3 is 5.97 Å². The number of nitrogens with one attached hydrogen (secondary N) is 1. The van der Waals surface area contributed by atoms with Gasteiger partial charge in [-0.2, -0.15) is 0 Å². The molecule has 0 saturated carbocycles. The minimum atomic E-state index is -0.907. The van der Waals surface area contributed by atoms with Crippen molar-refractivity contribution in [2.75, 3.05) is 19.0 Å². The van der Waals surface area contributed by atoms with Gasteiger partial charge < -0.3 is 15.2 Å². The minimum absolute atomic E-state index is 0.134. The number of rotatable bonds is 8. The molecule has 0 aliphatic rings. The molecule has 0 aliphatic carbocycles. The highest BCUT2D eigenvalue weighted by Crippen LogP contribution is 2.29. The highest BCUT2D eigenvalue weighted by molar-refractivity contribution is 5.71. The van der Waals surface area contributed by atoms with Crippen LogP contribution in [0.3, 0.4) is 0 Å². The average Bonchev–Trinajstić information content (AvgIpc) is 2.42. The molecule has 0 fully saturated rings. The number of benzene rings is 1. The fourth-order valence-corrected chi connectivity index (χ4v) is 1.83. The summed E-state index contributed by atoms with van der Waals surface area (Å²) in [7, 11) is 1.42. The van der Waals surface area contributed by atoms with Crippen LogP contribution in [-0.2, 0) is 4.79 Å². The normalized spacial score (nSPS) is 11.7. The number of hydrogen-bond donors (Lipinski definition) is 2. The second-order valence-corrected chi connectivity index (χ2v) is 4.34. The number of aliphatic carboxylic acids is 1. The Hall–Kier alpha value is -2.31. The molecule has 1 aromatic rings. The van der Waals surface area contributed by atoms with E-state index in [2.05, 4.69) is 5.32 Å². The molecule has 0 aromatic heterocycles. The van der Waals surface area contributed by atoms with E-state index in [1.807, 2.05) is 6.92 Å². The van der Waals surface area contributed by atoms with Gasteiger partial charge in [0.1, 0.15) is 11.4 Å². The molecule has 110 valence electrons. The largest absolute Gasteiger partial charge is 0.496 e. The number of carboxylic acid groups (broad SMARTS) is 1. The van der Waals surface area contributed by atoms with Gasteiger partial charge in [0.25, 0.3) is 5.69 Å². The van der Waals surface area contributed by atoms with Crippen LogP contribution in [0, 0.1) is 16.0 Å². The van der Waals surface area contributed by atoms with Crippen molar-refractivity contribution in [3.05, 3.63) is 28.3 Å². The lowest BCUT2D eigenvalue weighted by atomic mass is 10.0. The zero-order valence-electron chi connectivity index (χ0n) is 11.5. The van der Waals surface area contributed by atoms with Crippen LogP contribution < -0.4 is 10.1 Å². The summed E-state index contributed by atoms with van der Waals surface area (Å²) in [6.45, 7) is 2.04. The van der Waals surface area contributed by atoms with Crippen LogP contribution in [0.15, 0.2) is 18.2 Å². The number of nitrogens with zero attached hydrogens (tertiary/aromatic N) is 1. The van der Waals surface area contributed by atoms with Crippen molar-refractivity contribution < 1.29 is 19.6 Å². The molecule has 2 N–H and O–H groups in total. The maximum absolute atomic E-state index is 11.0. The lowest BCUT2D eigenvalue weighted by Gasteiger charge is -2.13. The molecule has 0 spiro atoms. The van der Waals surface area contributed by atoms with Crippen LogP contribution in [0.4, 0.5) is 11.4 Å². The lowest BCUT2D eigenvalue weighted by Crippen LogP contribution is -2.23. The maximum atomic E-state index is 11.0. The van der Waals surface area contributed by atoms with E-state index in [1.165, 1.54) is 19.2 Å². The Morgan fingerprint density at radius 2 is 2.25 bits per heavy atom. The molecule has 1 rings (SSSR count). The molecule has 0 heterocycles. The highest BCUT2D eigenvalue weighted by Gasteiger charge is 2.19. The molecular formula is C13H18N2O5. The number of ether oxygens (including phenoxy) is 1. The molecule has 0 radical (unpaired) electrons. The summed E-state index contributed by atoms with van der Waals surface area (Å²) in [4.78, 5) is 21.5. The molecule has 0 aliphatic heterocycles. The zero-order valence-corrected chi connectivity index (χ0v) is 11.5. The van der Waals surface area contributed by atoms with Crippen molar-refractivity contribution in [1.82, 2.24) is 0 Å². The SMILES string of the molecule is CCCC(CNc1ccc(OC)cc1[N+](=O)[O-])C(=O)O. The van der Waals surface area contributed by atoms with E-state index in [0.717, 1.165) is 6.42 Å². The van der Waals surface area contributed by atoms with Crippen LogP contribution in [0.2, 0.25) is 0 Å². The summed E-state index contributed by atoms with van der Waals surface area (Å²) in [5, 5.41) is 22.9. The fraction of sp³-hybridized carbons (Fsp3) is 0.462. The van der Waals surface area contributed by atoms with Crippen molar-refractivity contribution in [2.24, 2.45) is 5.92 Å². The molecule has 1 atom stereocenters. The summed E-state index contributed by atoms with van der Waals surface area (Å²) in [6.07, 6.45) is 1.26. The molecule has 7 heteroatoms. The Morgan fingerprint density at radius 3 is 2.75 bits per heavy atom. The van der Waals surface area contributed by atoms with Crippen LogP contribution in [-0.4, -0.2) is 29.7 Å². The Labute approximate surface area is 116 Å². The van der Waals surface area contributed by atoms with Crippen LogP contribution in [0.1, 0.15) is 19.8 Å². The van der Waals surface area contributed by atoms with Crippen molar-refractivity contribution in [3.8, 4) is 5.75 Å². The van der Waals surface area contributed by atoms with E-state index in [9.17, 15) is 14.9 Å². The average molecular weight is 282 g/mol. The Bertz CT molecular complexity index is 490. The first-order valence-corrected chi connectivity index (χ1v) is 6.28. The van der Waals surface area contributed by atoms with Crippen molar-refractivity contribution >= 4 is 17.3 Å². The number of anilines is 1. The summed E-state index contributed by atoms with van der Waals surface area (Å²) >= 11 is 0.